The summed E-state index contributed by atoms with van der Waals surface area (Å²) in [6, 6.07) is 48.3. The van der Waals surface area contributed by atoms with Crippen molar-refractivity contribution in [2.75, 3.05) is 0 Å². The van der Waals surface area contributed by atoms with E-state index in [9.17, 15) is 1.37 Å². The van der Waals surface area contributed by atoms with Gasteiger partial charge >= 0.3 is 0 Å². The van der Waals surface area contributed by atoms with E-state index in [0.29, 0.717) is 11.1 Å². The van der Waals surface area contributed by atoms with Crippen molar-refractivity contribution in [2.24, 2.45) is 0 Å². The fourth-order valence-electron chi connectivity index (χ4n) is 6.83. The molecule has 1 nitrogen and oxygen atoms in total. The Kier molecular flexibility index (Phi) is 5.00. The molecule has 1 aromatic heterocycles. The molecule has 45 heavy (non-hydrogen) atoms. The molecule has 0 aliphatic rings. The standard InChI is InChI=1S/C44H28O/c1-3-14-29(15-4-1)32-18-7-8-19-35(32)43-38-22-11-9-20-36(38)42(37-21-10-12-23-39(37)43)31-26-27-34-40-25-13-24-33(30-16-5-2-6-17-30)44(40)45-41(34)28-31/h1-28H/i7D,8D,18D,19D. The SMILES string of the molecule is [2H]c1c([2H])c([2H])c(-c2c3ccccc3c(-c3ccc4c(c3)oc3c(-c5ccccc5)cccc34)c3ccccc23)c(-c2ccccc2)c1[2H]. The van der Waals surface area contributed by atoms with E-state index in [2.05, 4.69) is 72.8 Å². The summed E-state index contributed by atoms with van der Waals surface area (Å²) >= 11 is 0. The molecule has 9 rings (SSSR count). The highest BCUT2D eigenvalue weighted by Crippen LogP contribution is 2.47. The van der Waals surface area contributed by atoms with Gasteiger partial charge in [0.05, 0.1) is 5.48 Å². The zero-order chi connectivity index (χ0) is 33.2. The lowest BCUT2D eigenvalue weighted by Gasteiger charge is -2.19. The van der Waals surface area contributed by atoms with Gasteiger partial charge in [-0.1, -0.05) is 158 Å². The Bertz CT molecular complexity index is 2690. The molecule has 0 aliphatic carbocycles. The van der Waals surface area contributed by atoms with Gasteiger partial charge in [-0.3, -0.25) is 0 Å². The lowest BCUT2D eigenvalue weighted by Crippen LogP contribution is -1.92. The van der Waals surface area contributed by atoms with Gasteiger partial charge in [0.1, 0.15) is 11.2 Å². The quantitative estimate of drug-likeness (QED) is 0.190. The van der Waals surface area contributed by atoms with Crippen LogP contribution in [0.15, 0.2) is 174 Å². The van der Waals surface area contributed by atoms with Gasteiger partial charge in [0.25, 0.3) is 0 Å². The maximum Gasteiger partial charge on any atom is 0.143 e. The second kappa shape index (κ2) is 10.4. The van der Waals surface area contributed by atoms with Crippen molar-refractivity contribution < 1.29 is 9.90 Å². The molecule has 0 fully saturated rings. The maximum atomic E-state index is 9.25. The van der Waals surface area contributed by atoms with Crippen LogP contribution in [0.1, 0.15) is 5.48 Å². The Hall–Kier alpha value is -5.92. The molecular weight excluding hydrogens is 544 g/mol. The van der Waals surface area contributed by atoms with Crippen LogP contribution >= 0.6 is 0 Å². The summed E-state index contributed by atoms with van der Waals surface area (Å²) in [6.45, 7) is 0. The Balaban J connectivity index is 1.36. The van der Waals surface area contributed by atoms with Crippen LogP contribution in [0.4, 0.5) is 0 Å². The van der Waals surface area contributed by atoms with Gasteiger partial charge in [-0.25, -0.2) is 0 Å². The number of furan rings is 1. The van der Waals surface area contributed by atoms with Gasteiger partial charge in [0, 0.05) is 16.3 Å². The molecule has 0 aliphatic heterocycles. The molecule has 0 unspecified atom stereocenters. The Morgan fingerprint density at radius 1 is 0.378 bits per heavy atom. The van der Waals surface area contributed by atoms with E-state index in [4.69, 9.17) is 8.53 Å². The number of fused-ring (bicyclic) bond motifs is 5. The van der Waals surface area contributed by atoms with E-state index in [1.165, 1.54) is 0 Å². The molecule has 0 amide bonds. The van der Waals surface area contributed by atoms with Gasteiger partial charge < -0.3 is 4.42 Å². The van der Waals surface area contributed by atoms with Crippen LogP contribution in [0.25, 0.3) is 88.0 Å². The zero-order valence-corrected chi connectivity index (χ0v) is 24.3. The van der Waals surface area contributed by atoms with Crippen molar-refractivity contribution in [1.29, 1.82) is 0 Å². The smallest absolute Gasteiger partial charge is 0.143 e. The summed E-state index contributed by atoms with van der Waals surface area (Å²) in [5, 5.41) is 5.92. The lowest BCUT2D eigenvalue weighted by molar-refractivity contribution is 0.670. The summed E-state index contributed by atoms with van der Waals surface area (Å²) in [5.41, 5.74) is 8.39. The molecule has 0 atom stereocenters. The second-order valence-corrected chi connectivity index (χ2v) is 11.3. The van der Waals surface area contributed by atoms with E-state index >= 15 is 0 Å². The van der Waals surface area contributed by atoms with Crippen molar-refractivity contribution in [3.05, 3.63) is 170 Å². The van der Waals surface area contributed by atoms with E-state index in [0.717, 1.165) is 76.9 Å². The number of hydrogen-bond donors (Lipinski definition) is 0. The maximum absolute atomic E-state index is 9.25. The Morgan fingerprint density at radius 2 is 0.911 bits per heavy atom. The van der Waals surface area contributed by atoms with E-state index < -0.39 is 0 Å². The normalized spacial score (nSPS) is 12.8. The largest absolute Gasteiger partial charge is 0.455 e. The van der Waals surface area contributed by atoms with Crippen molar-refractivity contribution in [1.82, 2.24) is 0 Å². The summed E-state index contributed by atoms with van der Waals surface area (Å²) in [4.78, 5) is 0. The third-order valence-corrected chi connectivity index (χ3v) is 8.80. The minimum Gasteiger partial charge on any atom is -0.455 e. The zero-order valence-electron chi connectivity index (χ0n) is 28.3. The molecule has 0 saturated carbocycles. The average Bonchev–Trinajstić information content (AvgIpc) is 3.53. The monoisotopic (exact) mass is 576 g/mol. The van der Waals surface area contributed by atoms with E-state index in [1.807, 2.05) is 72.8 Å². The van der Waals surface area contributed by atoms with Gasteiger partial charge in [0.2, 0.25) is 0 Å². The molecule has 0 bridgehead atoms. The number of hydrogen-bond acceptors (Lipinski definition) is 1. The molecule has 0 N–H and O–H groups in total. The molecule has 8 aromatic carbocycles. The molecular formula is C44H28O. The predicted molar refractivity (Wildman–Crippen MR) is 190 cm³/mol. The summed E-state index contributed by atoms with van der Waals surface area (Å²) in [6.07, 6.45) is 0. The van der Waals surface area contributed by atoms with Gasteiger partial charge in [0.15, 0.2) is 0 Å². The topological polar surface area (TPSA) is 13.1 Å². The first-order valence-electron chi connectivity index (χ1n) is 17.1. The number of rotatable bonds is 4. The summed E-state index contributed by atoms with van der Waals surface area (Å²) in [7, 11) is 0. The van der Waals surface area contributed by atoms with Crippen LogP contribution in [-0.2, 0) is 0 Å². The summed E-state index contributed by atoms with van der Waals surface area (Å²) < 4.78 is 42.2. The van der Waals surface area contributed by atoms with E-state index in [1.54, 1.807) is 0 Å². The average molecular weight is 577 g/mol. The van der Waals surface area contributed by atoms with Crippen molar-refractivity contribution in [3.8, 4) is 44.5 Å². The van der Waals surface area contributed by atoms with Gasteiger partial charge in [-0.05, 0) is 72.6 Å². The fourth-order valence-corrected chi connectivity index (χ4v) is 6.83. The number of benzene rings is 8. The Labute approximate surface area is 267 Å². The molecule has 1 heteroatoms. The third kappa shape index (κ3) is 4.09. The minimum absolute atomic E-state index is 0.0513. The fraction of sp³-hybridized carbons (Fsp3) is 0. The Morgan fingerprint density at radius 3 is 1.56 bits per heavy atom. The van der Waals surface area contributed by atoms with Crippen LogP contribution in [0, 0.1) is 0 Å². The third-order valence-electron chi connectivity index (χ3n) is 8.80. The number of para-hydroxylation sites is 1. The van der Waals surface area contributed by atoms with E-state index in [-0.39, 0.29) is 24.2 Å². The minimum atomic E-state index is -0.248. The molecule has 0 saturated heterocycles. The second-order valence-electron chi connectivity index (χ2n) is 11.3. The highest BCUT2D eigenvalue weighted by atomic mass is 16.3. The van der Waals surface area contributed by atoms with Crippen LogP contribution in [0.2, 0.25) is 0 Å². The summed E-state index contributed by atoms with van der Waals surface area (Å²) in [5.74, 6) is 0. The predicted octanol–water partition coefficient (Wildman–Crippen LogP) is 12.6. The molecule has 1 heterocycles. The van der Waals surface area contributed by atoms with Crippen molar-refractivity contribution >= 4 is 43.5 Å². The molecule has 9 aromatic rings. The van der Waals surface area contributed by atoms with Crippen LogP contribution < -0.4 is 0 Å². The van der Waals surface area contributed by atoms with Crippen molar-refractivity contribution in [3.63, 3.8) is 0 Å². The highest BCUT2D eigenvalue weighted by molar-refractivity contribution is 6.23. The van der Waals surface area contributed by atoms with Crippen LogP contribution in [0.5, 0.6) is 0 Å². The molecule has 210 valence electrons. The van der Waals surface area contributed by atoms with Gasteiger partial charge in [-0.2, -0.15) is 0 Å². The highest BCUT2D eigenvalue weighted by Gasteiger charge is 2.20. The van der Waals surface area contributed by atoms with Gasteiger partial charge in [-0.15, -0.1) is 0 Å². The van der Waals surface area contributed by atoms with Crippen LogP contribution in [-0.4, -0.2) is 0 Å². The first-order valence-corrected chi connectivity index (χ1v) is 15.1. The first kappa shape index (κ1) is 21.7. The lowest BCUT2D eigenvalue weighted by atomic mass is 9.84. The molecule has 0 spiro atoms. The van der Waals surface area contributed by atoms with Crippen molar-refractivity contribution in [2.45, 2.75) is 0 Å². The molecule has 0 radical (unpaired) electrons. The first-order chi connectivity index (χ1) is 24.0. The van der Waals surface area contributed by atoms with Crippen LogP contribution in [0.3, 0.4) is 0 Å².